The predicted octanol–water partition coefficient (Wildman–Crippen LogP) is 3.12. The van der Waals surface area contributed by atoms with Crippen molar-refractivity contribution in [3.8, 4) is 11.5 Å². The SMILES string of the molecule is C=CCOc1ccc(C=C2NC(=S)N(CCC)C2=O)cc1OCC. The fourth-order valence-corrected chi connectivity index (χ4v) is 2.60. The van der Waals surface area contributed by atoms with Gasteiger partial charge in [0.05, 0.1) is 6.61 Å². The quantitative estimate of drug-likeness (QED) is 0.445. The highest BCUT2D eigenvalue weighted by atomic mass is 32.1. The van der Waals surface area contributed by atoms with Crippen molar-refractivity contribution in [1.82, 2.24) is 10.2 Å². The maximum absolute atomic E-state index is 12.4. The minimum absolute atomic E-state index is 0.105. The van der Waals surface area contributed by atoms with Gasteiger partial charge in [0.25, 0.3) is 5.91 Å². The Hall–Kier alpha value is -2.34. The van der Waals surface area contributed by atoms with Crippen molar-refractivity contribution in [2.45, 2.75) is 20.3 Å². The fraction of sp³-hybridized carbons (Fsp3) is 0.333. The zero-order chi connectivity index (χ0) is 17.5. The standard InChI is InChI=1S/C18H22N2O3S/c1-4-9-20-17(21)14(19-18(20)24)11-13-7-8-15(23-10-5-2)16(12-13)22-6-3/h5,7-8,11-12H,2,4,6,9-10H2,1,3H3,(H,19,24). The summed E-state index contributed by atoms with van der Waals surface area (Å²) in [5.74, 6) is 1.17. The second-order valence-electron chi connectivity index (χ2n) is 5.18. The number of ether oxygens (including phenoxy) is 2. The number of hydrogen-bond acceptors (Lipinski definition) is 4. The molecule has 0 bridgehead atoms. The molecule has 1 fully saturated rings. The van der Waals surface area contributed by atoms with E-state index in [1.54, 1.807) is 17.1 Å². The van der Waals surface area contributed by atoms with Crippen molar-refractivity contribution in [3.05, 3.63) is 42.1 Å². The fourth-order valence-electron chi connectivity index (χ4n) is 2.32. The molecule has 1 heterocycles. The third-order valence-corrected chi connectivity index (χ3v) is 3.67. The second kappa shape index (κ2) is 8.49. The topological polar surface area (TPSA) is 50.8 Å². The summed E-state index contributed by atoms with van der Waals surface area (Å²) in [7, 11) is 0. The predicted molar refractivity (Wildman–Crippen MR) is 99.0 cm³/mol. The Balaban J connectivity index is 2.26. The molecule has 0 aliphatic carbocycles. The van der Waals surface area contributed by atoms with Crippen LogP contribution in [0.3, 0.4) is 0 Å². The van der Waals surface area contributed by atoms with Gasteiger partial charge in [-0.15, -0.1) is 0 Å². The number of nitrogens with zero attached hydrogens (tertiary/aromatic N) is 1. The van der Waals surface area contributed by atoms with Crippen LogP contribution in [0.2, 0.25) is 0 Å². The Morgan fingerprint density at radius 3 is 2.75 bits per heavy atom. The number of carbonyl (C=O) groups is 1. The van der Waals surface area contributed by atoms with Gasteiger partial charge in [-0.25, -0.2) is 0 Å². The van der Waals surface area contributed by atoms with Crippen LogP contribution in [0.15, 0.2) is 36.6 Å². The summed E-state index contributed by atoms with van der Waals surface area (Å²) in [6.07, 6.45) is 4.30. The molecular weight excluding hydrogens is 324 g/mol. The van der Waals surface area contributed by atoms with Gasteiger partial charge in [0.15, 0.2) is 16.6 Å². The van der Waals surface area contributed by atoms with Gasteiger partial charge in [-0.05, 0) is 49.3 Å². The van der Waals surface area contributed by atoms with E-state index >= 15 is 0 Å². The van der Waals surface area contributed by atoms with Crippen LogP contribution in [-0.4, -0.2) is 35.7 Å². The third-order valence-electron chi connectivity index (χ3n) is 3.34. The van der Waals surface area contributed by atoms with E-state index in [1.165, 1.54) is 0 Å². The third kappa shape index (κ3) is 4.14. The van der Waals surface area contributed by atoms with E-state index in [0.717, 1.165) is 12.0 Å². The first-order valence-corrected chi connectivity index (χ1v) is 8.36. The van der Waals surface area contributed by atoms with Gasteiger partial charge in [-0.1, -0.05) is 25.6 Å². The molecule has 0 radical (unpaired) electrons. The lowest BCUT2D eigenvalue weighted by atomic mass is 10.1. The molecule has 1 aliphatic rings. The van der Waals surface area contributed by atoms with Gasteiger partial charge >= 0.3 is 0 Å². The highest BCUT2D eigenvalue weighted by molar-refractivity contribution is 7.80. The van der Waals surface area contributed by atoms with Crippen LogP contribution in [-0.2, 0) is 4.79 Å². The molecule has 6 heteroatoms. The van der Waals surface area contributed by atoms with Crippen LogP contribution in [0.25, 0.3) is 6.08 Å². The lowest BCUT2D eigenvalue weighted by Gasteiger charge is -2.12. The molecule has 0 spiro atoms. The molecule has 0 unspecified atom stereocenters. The molecule has 1 N–H and O–H groups in total. The Labute approximate surface area is 147 Å². The van der Waals surface area contributed by atoms with Crippen molar-refractivity contribution in [3.63, 3.8) is 0 Å². The summed E-state index contributed by atoms with van der Waals surface area (Å²) in [6.45, 7) is 9.09. The first-order chi connectivity index (χ1) is 11.6. The summed E-state index contributed by atoms with van der Waals surface area (Å²) in [4.78, 5) is 13.9. The van der Waals surface area contributed by atoms with Crippen LogP contribution in [0.1, 0.15) is 25.8 Å². The van der Waals surface area contributed by atoms with Crippen molar-refractivity contribution in [2.75, 3.05) is 19.8 Å². The molecular formula is C18H22N2O3S. The van der Waals surface area contributed by atoms with Crippen molar-refractivity contribution in [2.24, 2.45) is 0 Å². The lowest BCUT2D eigenvalue weighted by molar-refractivity contribution is -0.122. The van der Waals surface area contributed by atoms with Crippen molar-refractivity contribution >= 4 is 29.3 Å². The minimum atomic E-state index is -0.105. The Kier molecular flexibility index (Phi) is 6.37. The van der Waals surface area contributed by atoms with E-state index in [1.807, 2.05) is 32.0 Å². The zero-order valence-electron chi connectivity index (χ0n) is 14.0. The number of benzene rings is 1. The first kappa shape index (κ1) is 18.0. The Bertz CT molecular complexity index is 670. The lowest BCUT2D eigenvalue weighted by Crippen LogP contribution is -2.31. The molecule has 1 saturated heterocycles. The smallest absolute Gasteiger partial charge is 0.276 e. The van der Waals surface area contributed by atoms with Gasteiger partial charge in [0, 0.05) is 6.54 Å². The summed E-state index contributed by atoms with van der Waals surface area (Å²) in [5, 5.41) is 3.42. The number of nitrogens with one attached hydrogen (secondary N) is 1. The van der Waals surface area contributed by atoms with Crippen LogP contribution in [0, 0.1) is 0 Å². The molecule has 1 amide bonds. The van der Waals surface area contributed by atoms with Gasteiger partial charge in [0.1, 0.15) is 12.3 Å². The summed E-state index contributed by atoms with van der Waals surface area (Å²) in [6, 6.07) is 5.53. The first-order valence-electron chi connectivity index (χ1n) is 7.95. The van der Waals surface area contributed by atoms with E-state index in [0.29, 0.717) is 42.1 Å². The average molecular weight is 346 g/mol. The molecule has 1 aromatic carbocycles. The normalized spacial score (nSPS) is 15.6. The molecule has 2 rings (SSSR count). The number of hydrogen-bond donors (Lipinski definition) is 1. The molecule has 128 valence electrons. The molecule has 0 aromatic heterocycles. The molecule has 5 nitrogen and oxygen atoms in total. The Morgan fingerprint density at radius 1 is 1.29 bits per heavy atom. The number of rotatable bonds is 8. The van der Waals surface area contributed by atoms with E-state index < -0.39 is 0 Å². The van der Waals surface area contributed by atoms with Crippen LogP contribution in [0.4, 0.5) is 0 Å². The molecule has 0 atom stereocenters. The van der Waals surface area contributed by atoms with Gasteiger partial charge in [0.2, 0.25) is 0 Å². The van der Waals surface area contributed by atoms with Gasteiger partial charge in [-0.2, -0.15) is 0 Å². The largest absolute Gasteiger partial charge is 0.490 e. The van der Waals surface area contributed by atoms with E-state index in [-0.39, 0.29) is 5.91 Å². The average Bonchev–Trinajstić information content (AvgIpc) is 2.82. The highest BCUT2D eigenvalue weighted by Gasteiger charge is 2.29. The van der Waals surface area contributed by atoms with E-state index in [2.05, 4.69) is 11.9 Å². The minimum Gasteiger partial charge on any atom is -0.490 e. The maximum atomic E-state index is 12.4. The Morgan fingerprint density at radius 2 is 2.08 bits per heavy atom. The van der Waals surface area contributed by atoms with Gasteiger partial charge < -0.3 is 14.8 Å². The molecule has 1 aliphatic heterocycles. The number of amides is 1. The summed E-state index contributed by atoms with van der Waals surface area (Å²) < 4.78 is 11.2. The van der Waals surface area contributed by atoms with Crippen LogP contribution < -0.4 is 14.8 Å². The number of thiocarbonyl (C=S) groups is 1. The summed E-state index contributed by atoms with van der Waals surface area (Å²) in [5.41, 5.74) is 1.30. The monoisotopic (exact) mass is 346 g/mol. The summed E-state index contributed by atoms with van der Waals surface area (Å²) >= 11 is 5.21. The molecule has 1 aromatic rings. The zero-order valence-corrected chi connectivity index (χ0v) is 14.8. The van der Waals surface area contributed by atoms with Crippen LogP contribution in [0.5, 0.6) is 11.5 Å². The van der Waals surface area contributed by atoms with Gasteiger partial charge in [-0.3, -0.25) is 9.69 Å². The molecule has 24 heavy (non-hydrogen) atoms. The highest BCUT2D eigenvalue weighted by Crippen LogP contribution is 2.29. The second-order valence-corrected chi connectivity index (χ2v) is 5.57. The number of carbonyl (C=O) groups excluding carboxylic acids is 1. The van der Waals surface area contributed by atoms with Crippen molar-refractivity contribution in [1.29, 1.82) is 0 Å². The van der Waals surface area contributed by atoms with Crippen LogP contribution >= 0.6 is 12.2 Å². The van der Waals surface area contributed by atoms with E-state index in [4.69, 9.17) is 21.7 Å². The molecule has 0 saturated carbocycles. The van der Waals surface area contributed by atoms with Crippen molar-refractivity contribution < 1.29 is 14.3 Å². The van der Waals surface area contributed by atoms with E-state index in [9.17, 15) is 4.79 Å². The maximum Gasteiger partial charge on any atom is 0.276 e.